The highest BCUT2D eigenvalue weighted by molar-refractivity contribution is 7.21. The predicted molar refractivity (Wildman–Crippen MR) is 81.1 cm³/mol. The molecule has 94 valence electrons. The molecule has 0 saturated heterocycles. The van der Waals surface area contributed by atoms with E-state index in [4.69, 9.17) is 17.3 Å². The van der Waals surface area contributed by atoms with E-state index in [1.807, 2.05) is 30.3 Å². The third-order valence-electron chi connectivity index (χ3n) is 2.91. The summed E-state index contributed by atoms with van der Waals surface area (Å²) in [6.07, 6.45) is 0. The fraction of sp³-hybridized carbons (Fsp3) is 0. The van der Waals surface area contributed by atoms with Gasteiger partial charge in [0.15, 0.2) is 0 Å². The van der Waals surface area contributed by atoms with Crippen molar-refractivity contribution in [2.24, 2.45) is 0 Å². The van der Waals surface area contributed by atoms with Crippen molar-refractivity contribution in [3.05, 3.63) is 64.0 Å². The summed E-state index contributed by atoms with van der Waals surface area (Å²) in [5.74, 6) is -0.0249. The summed E-state index contributed by atoms with van der Waals surface area (Å²) in [7, 11) is 0. The number of fused-ring (bicyclic) bond motifs is 1. The second kappa shape index (κ2) is 4.68. The molecule has 2 aromatic carbocycles. The minimum absolute atomic E-state index is 0.0249. The van der Waals surface area contributed by atoms with Gasteiger partial charge in [0, 0.05) is 10.3 Å². The van der Waals surface area contributed by atoms with Crippen LogP contribution in [0.15, 0.2) is 48.5 Å². The lowest BCUT2D eigenvalue weighted by Crippen LogP contribution is -1.99. The van der Waals surface area contributed by atoms with E-state index >= 15 is 0 Å². The standard InChI is InChI=1S/C15H10ClNOS/c16-11-7-10(5-6-12(11)17)15(18)14-8-9-3-1-2-4-13(9)19-14/h1-8H,17H2. The Bertz CT molecular complexity index is 746. The van der Waals surface area contributed by atoms with E-state index in [0.29, 0.717) is 21.2 Å². The molecule has 0 bridgehead atoms. The number of thiophene rings is 1. The van der Waals surface area contributed by atoms with Crippen molar-refractivity contribution in [3.8, 4) is 0 Å². The van der Waals surface area contributed by atoms with Crippen LogP contribution in [0.3, 0.4) is 0 Å². The van der Waals surface area contributed by atoms with Gasteiger partial charge < -0.3 is 5.73 Å². The van der Waals surface area contributed by atoms with Crippen molar-refractivity contribution < 1.29 is 4.79 Å². The fourth-order valence-corrected chi connectivity index (χ4v) is 3.11. The molecule has 0 radical (unpaired) electrons. The maximum absolute atomic E-state index is 12.4. The monoisotopic (exact) mass is 287 g/mol. The Morgan fingerprint density at radius 3 is 2.63 bits per heavy atom. The lowest BCUT2D eigenvalue weighted by molar-refractivity contribution is 0.104. The van der Waals surface area contributed by atoms with Crippen LogP contribution >= 0.6 is 22.9 Å². The first-order valence-corrected chi connectivity index (χ1v) is 6.93. The Balaban J connectivity index is 2.05. The van der Waals surface area contributed by atoms with E-state index in [1.165, 1.54) is 11.3 Å². The molecule has 3 rings (SSSR count). The van der Waals surface area contributed by atoms with Gasteiger partial charge in [-0.1, -0.05) is 29.8 Å². The summed E-state index contributed by atoms with van der Waals surface area (Å²) >= 11 is 7.44. The highest BCUT2D eigenvalue weighted by atomic mass is 35.5. The van der Waals surface area contributed by atoms with E-state index in [2.05, 4.69) is 0 Å². The van der Waals surface area contributed by atoms with Crippen molar-refractivity contribution in [1.82, 2.24) is 0 Å². The Labute approximate surface area is 119 Å². The number of carbonyl (C=O) groups excluding carboxylic acids is 1. The van der Waals surface area contributed by atoms with Crippen LogP contribution in [0.4, 0.5) is 5.69 Å². The second-order valence-electron chi connectivity index (χ2n) is 4.21. The van der Waals surface area contributed by atoms with Crippen LogP contribution in [0.5, 0.6) is 0 Å². The van der Waals surface area contributed by atoms with Gasteiger partial charge in [-0.25, -0.2) is 0 Å². The number of hydrogen-bond donors (Lipinski definition) is 1. The van der Waals surface area contributed by atoms with E-state index in [0.717, 1.165) is 10.1 Å². The number of nitrogen functional groups attached to an aromatic ring is 1. The first kappa shape index (κ1) is 12.2. The molecular formula is C15H10ClNOS. The molecule has 0 aliphatic carbocycles. The van der Waals surface area contributed by atoms with Gasteiger partial charge in [-0.2, -0.15) is 0 Å². The van der Waals surface area contributed by atoms with E-state index in [9.17, 15) is 4.79 Å². The van der Waals surface area contributed by atoms with Gasteiger partial charge in [0.25, 0.3) is 0 Å². The average Bonchev–Trinajstić information content (AvgIpc) is 2.85. The fourth-order valence-electron chi connectivity index (χ4n) is 1.90. The summed E-state index contributed by atoms with van der Waals surface area (Å²) in [6, 6.07) is 14.8. The number of ketones is 1. The molecule has 0 fully saturated rings. The molecule has 1 aromatic heterocycles. The second-order valence-corrected chi connectivity index (χ2v) is 5.70. The molecule has 0 aliphatic heterocycles. The number of nitrogens with two attached hydrogens (primary N) is 1. The SMILES string of the molecule is Nc1ccc(C(=O)c2cc3ccccc3s2)cc1Cl. The van der Waals surface area contributed by atoms with E-state index in [-0.39, 0.29) is 5.78 Å². The predicted octanol–water partition coefficient (Wildman–Crippen LogP) is 4.37. The van der Waals surface area contributed by atoms with Crippen LogP contribution in [0.25, 0.3) is 10.1 Å². The van der Waals surface area contributed by atoms with Gasteiger partial charge in [-0.05, 0) is 35.7 Å². The Kier molecular flexibility index (Phi) is 3.01. The molecule has 0 atom stereocenters. The van der Waals surface area contributed by atoms with Crippen LogP contribution in [0.2, 0.25) is 5.02 Å². The molecule has 0 unspecified atom stereocenters. The van der Waals surface area contributed by atoms with Crippen LogP contribution in [-0.4, -0.2) is 5.78 Å². The smallest absolute Gasteiger partial charge is 0.203 e. The number of benzene rings is 2. The molecular weight excluding hydrogens is 278 g/mol. The highest BCUT2D eigenvalue weighted by Crippen LogP contribution is 2.28. The zero-order chi connectivity index (χ0) is 13.4. The van der Waals surface area contributed by atoms with Gasteiger partial charge in [0.05, 0.1) is 15.6 Å². The van der Waals surface area contributed by atoms with Gasteiger partial charge in [0.2, 0.25) is 5.78 Å². The van der Waals surface area contributed by atoms with E-state index < -0.39 is 0 Å². The largest absolute Gasteiger partial charge is 0.398 e. The summed E-state index contributed by atoms with van der Waals surface area (Å²) in [5.41, 5.74) is 6.69. The van der Waals surface area contributed by atoms with Crippen LogP contribution in [0.1, 0.15) is 15.2 Å². The third-order valence-corrected chi connectivity index (χ3v) is 4.35. The van der Waals surface area contributed by atoms with Crippen LogP contribution < -0.4 is 5.73 Å². The lowest BCUT2D eigenvalue weighted by Gasteiger charge is -2.01. The zero-order valence-electron chi connectivity index (χ0n) is 9.89. The molecule has 4 heteroatoms. The minimum Gasteiger partial charge on any atom is -0.398 e. The maximum Gasteiger partial charge on any atom is 0.203 e. The van der Waals surface area contributed by atoms with Crippen molar-refractivity contribution in [3.63, 3.8) is 0 Å². The lowest BCUT2D eigenvalue weighted by atomic mass is 10.1. The Hall–Kier alpha value is -1.84. The van der Waals surface area contributed by atoms with Gasteiger partial charge in [0.1, 0.15) is 0 Å². The first-order valence-electron chi connectivity index (χ1n) is 5.73. The normalized spacial score (nSPS) is 10.8. The maximum atomic E-state index is 12.4. The Morgan fingerprint density at radius 1 is 1.11 bits per heavy atom. The van der Waals surface area contributed by atoms with Crippen LogP contribution in [0, 0.1) is 0 Å². The minimum atomic E-state index is -0.0249. The van der Waals surface area contributed by atoms with E-state index in [1.54, 1.807) is 18.2 Å². The van der Waals surface area contributed by atoms with Gasteiger partial charge in [-0.15, -0.1) is 11.3 Å². The van der Waals surface area contributed by atoms with Gasteiger partial charge >= 0.3 is 0 Å². The first-order chi connectivity index (χ1) is 9.15. The molecule has 2 N–H and O–H groups in total. The topological polar surface area (TPSA) is 43.1 Å². The number of anilines is 1. The number of carbonyl (C=O) groups is 1. The zero-order valence-corrected chi connectivity index (χ0v) is 11.5. The van der Waals surface area contributed by atoms with Crippen LogP contribution in [-0.2, 0) is 0 Å². The summed E-state index contributed by atoms with van der Waals surface area (Å²) in [6.45, 7) is 0. The Morgan fingerprint density at radius 2 is 1.89 bits per heavy atom. The summed E-state index contributed by atoms with van der Waals surface area (Å²) in [4.78, 5) is 13.1. The molecule has 0 spiro atoms. The molecule has 0 saturated carbocycles. The molecule has 0 aliphatic rings. The van der Waals surface area contributed by atoms with Crippen molar-refractivity contribution in [2.45, 2.75) is 0 Å². The van der Waals surface area contributed by atoms with Crippen molar-refractivity contribution in [1.29, 1.82) is 0 Å². The number of hydrogen-bond acceptors (Lipinski definition) is 3. The molecule has 2 nitrogen and oxygen atoms in total. The third kappa shape index (κ3) is 2.23. The van der Waals surface area contributed by atoms with Crippen molar-refractivity contribution in [2.75, 3.05) is 5.73 Å². The van der Waals surface area contributed by atoms with Gasteiger partial charge in [-0.3, -0.25) is 4.79 Å². The number of rotatable bonds is 2. The molecule has 1 heterocycles. The molecule has 0 amide bonds. The molecule has 3 aromatic rings. The average molecular weight is 288 g/mol. The highest BCUT2D eigenvalue weighted by Gasteiger charge is 2.13. The summed E-state index contributed by atoms with van der Waals surface area (Å²) in [5, 5.41) is 1.49. The quantitative estimate of drug-likeness (QED) is 0.562. The van der Waals surface area contributed by atoms with Crippen molar-refractivity contribution >= 4 is 44.5 Å². The molecule has 19 heavy (non-hydrogen) atoms. The summed E-state index contributed by atoms with van der Waals surface area (Å²) < 4.78 is 1.10. The number of halogens is 1.